The van der Waals surface area contributed by atoms with Gasteiger partial charge in [-0.1, -0.05) is 39.0 Å². The Balaban J connectivity index is 2.90. The molecule has 0 aliphatic carbocycles. The lowest BCUT2D eigenvalue weighted by molar-refractivity contribution is 0.0633. The number of aliphatic hydroxyl groups excluding tert-OH is 1. The van der Waals surface area contributed by atoms with E-state index in [1.54, 1.807) is 0 Å². The third kappa shape index (κ3) is 3.07. The maximum atomic E-state index is 10.1. The average Bonchev–Trinajstić information content (AvgIpc) is 2.09. The van der Waals surface area contributed by atoms with Crippen molar-refractivity contribution in [2.24, 2.45) is 5.41 Å². The van der Waals surface area contributed by atoms with E-state index in [0.29, 0.717) is 0 Å². The van der Waals surface area contributed by atoms with Gasteiger partial charge in [0.15, 0.2) is 0 Å². The van der Waals surface area contributed by atoms with Crippen molar-refractivity contribution in [3.63, 3.8) is 0 Å². The normalized spacial score (nSPS) is 14.0. The van der Waals surface area contributed by atoms with Gasteiger partial charge in [-0.05, 0) is 42.4 Å². The van der Waals surface area contributed by atoms with Crippen LogP contribution in [0.4, 0.5) is 0 Å². The molecule has 0 heterocycles. The smallest absolute Gasteiger partial charge is 0.0628 e. The SMILES string of the molecule is Cc1cccc(C)c1CC(O)C(C)(C)C. The lowest BCUT2D eigenvalue weighted by Crippen LogP contribution is -2.28. The summed E-state index contributed by atoms with van der Waals surface area (Å²) in [6.45, 7) is 10.4. The standard InChI is InChI=1S/C14H22O/c1-10-7-6-8-11(2)12(10)9-13(15)14(3,4)5/h6-8,13,15H,9H2,1-5H3. The van der Waals surface area contributed by atoms with Crippen molar-refractivity contribution >= 4 is 0 Å². The lowest BCUT2D eigenvalue weighted by atomic mass is 9.83. The minimum atomic E-state index is -0.280. The Morgan fingerprint density at radius 2 is 1.60 bits per heavy atom. The highest BCUT2D eigenvalue weighted by molar-refractivity contribution is 5.34. The second kappa shape index (κ2) is 4.36. The van der Waals surface area contributed by atoms with Gasteiger partial charge in [0.2, 0.25) is 0 Å². The van der Waals surface area contributed by atoms with Gasteiger partial charge in [0.1, 0.15) is 0 Å². The molecule has 0 radical (unpaired) electrons. The molecular weight excluding hydrogens is 184 g/mol. The molecule has 0 fully saturated rings. The van der Waals surface area contributed by atoms with Crippen LogP contribution in [0.5, 0.6) is 0 Å². The molecule has 0 aliphatic heterocycles. The molecule has 1 aromatic rings. The molecular formula is C14H22O. The third-order valence-electron chi connectivity index (χ3n) is 3.04. The maximum Gasteiger partial charge on any atom is 0.0628 e. The highest BCUT2D eigenvalue weighted by Crippen LogP contribution is 2.25. The Morgan fingerprint density at radius 3 is 2.00 bits per heavy atom. The van der Waals surface area contributed by atoms with Crippen molar-refractivity contribution < 1.29 is 5.11 Å². The van der Waals surface area contributed by atoms with Crippen LogP contribution in [0.1, 0.15) is 37.5 Å². The summed E-state index contributed by atoms with van der Waals surface area (Å²) in [5, 5.41) is 10.1. The number of hydrogen-bond donors (Lipinski definition) is 1. The van der Waals surface area contributed by atoms with Crippen molar-refractivity contribution in [3.05, 3.63) is 34.9 Å². The second-order valence-electron chi connectivity index (χ2n) is 5.46. The minimum absolute atomic E-state index is 0.0469. The highest BCUT2D eigenvalue weighted by atomic mass is 16.3. The quantitative estimate of drug-likeness (QED) is 0.787. The fourth-order valence-corrected chi connectivity index (χ4v) is 1.67. The summed E-state index contributed by atoms with van der Waals surface area (Å²) in [5.74, 6) is 0. The molecule has 0 saturated carbocycles. The molecule has 1 N–H and O–H groups in total. The van der Waals surface area contributed by atoms with Crippen LogP contribution in [-0.4, -0.2) is 11.2 Å². The number of aliphatic hydroxyl groups is 1. The zero-order valence-corrected chi connectivity index (χ0v) is 10.5. The summed E-state index contributed by atoms with van der Waals surface area (Å²) >= 11 is 0. The first kappa shape index (κ1) is 12.3. The molecule has 0 amide bonds. The first-order valence-electron chi connectivity index (χ1n) is 5.55. The summed E-state index contributed by atoms with van der Waals surface area (Å²) in [5.41, 5.74) is 3.80. The van der Waals surface area contributed by atoms with Gasteiger partial charge in [0, 0.05) is 0 Å². The predicted octanol–water partition coefficient (Wildman–Crippen LogP) is 3.25. The monoisotopic (exact) mass is 206 g/mol. The molecule has 15 heavy (non-hydrogen) atoms. The molecule has 1 rings (SSSR count). The molecule has 1 unspecified atom stereocenters. The van der Waals surface area contributed by atoms with Crippen LogP contribution < -0.4 is 0 Å². The molecule has 0 bridgehead atoms. The van der Waals surface area contributed by atoms with E-state index in [9.17, 15) is 5.11 Å². The molecule has 84 valence electrons. The van der Waals surface area contributed by atoms with E-state index in [0.717, 1.165) is 6.42 Å². The van der Waals surface area contributed by atoms with Crippen LogP contribution in [0.25, 0.3) is 0 Å². The summed E-state index contributed by atoms with van der Waals surface area (Å²) in [6, 6.07) is 6.28. The van der Waals surface area contributed by atoms with E-state index in [1.807, 2.05) is 0 Å². The van der Waals surface area contributed by atoms with E-state index < -0.39 is 0 Å². The van der Waals surface area contributed by atoms with E-state index >= 15 is 0 Å². The number of benzene rings is 1. The Bertz CT molecular complexity index is 313. The largest absolute Gasteiger partial charge is 0.392 e. The van der Waals surface area contributed by atoms with Gasteiger partial charge >= 0.3 is 0 Å². The molecule has 0 aliphatic rings. The van der Waals surface area contributed by atoms with Gasteiger partial charge in [0.25, 0.3) is 0 Å². The van der Waals surface area contributed by atoms with Gasteiger partial charge < -0.3 is 5.11 Å². The average molecular weight is 206 g/mol. The Kier molecular flexibility index (Phi) is 3.56. The van der Waals surface area contributed by atoms with Crippen molar-refractivity contribution in [2.45, 2.75) is 47.1 Å². The molecule has 0 spiro atoms. The van der Waals surface area contributed by atoms with Gasteiger partial charge in [0.05, 0.1) is 6.10 Å². The van der Waals surface area contributed by atoms with E-state index in [-0.39, 0.29) is 11.5 Å². The zero-order valence-electron chi connectivity index (χ0n) is 10.5. The van der Waals surface area contributed by atoms with Crippen molar-refractivity contribution in [1.29, 1.82) is 0 Å². The first-order valence-corrected chi connectivity index (χ1v) is 5.55. The van der Waals surface area contributed by atoms with Gasteiger partial charge in [-0.3, -0.25) is 0 Å². The molecule has 1 nitrogen and oxygen atoms in total. The number of aryl methyl sites for hydroxylation is 2. The van der Waals surface area contributed by atoms with Gasteiger partial charge in [-0.2, -0.15) is 0 Å². The fraction of sp³-hybridized carbons (Fsp3) is 0.571. The van der Waals surface area contributed by atoms with Crippen molar-refractivity contribution in [1.82, 2.24) is 0 Å². The minimum Gasteiger partial charge on any atom is -0.392 e. The van der Waals surface area contributed by atoms with Crippen LogP contribution in [0.2, 0.25) is 0 Å². The van der Waals surface area contributed by atoms with E-state index in [2.05, 4.69) is 52.8 Å². The van der Waals surface area contributed by atoms with Crippen LogP contribution in [0.3, 0.4) is 0 Å². The lowest BCUT2D eigenvalue weighted by Gasteiger charge is -2.27. The Morgan fingerprint density at radius 1 is 1.13 bits per heavy atom. The summed E-state index contributed by atoms with van der Waals surface area (Å²) < 4.78 is 0. The molecule has 0 aromatic heterocycles. The summed E-state index contributed by atoms with van der Waals surface area (Å²) in [4.78, 5) is 0. The van der Waals surface area contributed by atoms with Crippen molar-refractivity contribution in [3.8, 4) is 0 Å². The van der Waals surface area contributed by atoms with Crippen LogP contribution in [0.15, 0.2) is 18.2 Å². The zero-order chi connectivity index (χ0) is 11.6. The Labute approximate surface area is 93.1 Å². The van der Waals surface area contributed by atoms with Crippen LogP contribution in [0, 0.1) is 19.3 Å². The van der Waals surface area contributed by atoms with E-state index in [1.165, 1.54) is 16.7 Å². The topological polar surface area (TPSA) is 20.2 Å². The second-order valence-corrected chi connectivity index (χ2v) is 5.46. The van der Waals surface area contributed by atoms with Gasteiger partial charge in [-0.25, -0.2) is 0 Å². The van der Waals surface area contributed by atoms with Crippen LogP contribution >= 0.6 is 0 Å². The van der Waals surface area contributed by atoms with E-state index in [4.69, 9.17) is 0 Å². The Hall–Kier alpha value is -0.820. The summed E-state index contributed by atoms with van der Waals surface area (Å²) in [6.07, 6.45) is 0.472. The van der Waals surface area contributed by atoms with Crippen molar-refractivity contribution in [2.75, 3.05) is 0 Å². The highest BCUT2D eigenvalue weighted by Gasteiger charge is 2.23. The fourth-order valence-electron chi connectivity index (χ4n) is 1.67. The molecule has 1 heteroatoms. The molecule has 1 aromatic carbocycles. The molecule has 1 atom stereocenters. The number of rotatable bonds is 2. The molecule has 0 saturated heterocycles. The maximum absolute atomic E-state index is 10.1. The van der Waals surface area contributed by atoms with Crippen LogP contribution in [-0.2, 0) is 6.42 Å². The predicted molar refractivity (Wildman–Crippen MR) is 65.1 cm³/mol. The third-order valence-corrected chi connectivity index (χ3v) is 3.04. The summed E-state index contributed by atoms with van der Waals surface area (Å²) in [7, 11) is 0. The first-order chi connectivity index (χ1) is 6.82. The van der Waals surface area contributed by atoms with Gasteiger partial charge in [-0.15, -0.1) is 0 Å². The number of hydrogen-bond acceptors (Lipinski definition) is 1.